The molecule has 2 unspecified atom stereocenters. The Balaban J connectivity index is 2.81. The second kappa shape index (κ2) is 3.26. The molecule has 0 bridgehead atoms. The zero-order valence-electron chi connectivity index (χ0n) is 9.05. The van der Waals surface area contributed by atoms with E-state index >= 15 is 0 Å². The number of rotatable bonds is 1. The summed E-state index contributed by atoms with van der Waals surface area (Å²) in [5.41, 5.74) is 0.144. The maximum absolute atomic E-state index is 10.3. The van der Waals surface area contributed by atoms with Gasteiger partial charge >= 0.3 is 0 Å². The van der Waals surface area contributed by atoms with Gasteiger partial charge in [0.2, 0.25) is 6.08 Å². The van der Waals surface area contributed by atoms with Crippen LogP contribution in [0.25, 0.3) is 0 Å². The van der Waals surface area contributed by atoms with E-state index in [1.807, 2.05) is 0 Å². The van der Waals surface area contributed by atoms with Crippen molar-refractivity contribution in [2.45, 2.75) is 52.5 Å². The monoisotopic (exact) mass is 181 g/mol. The number of hydrogen-bond acceptors (Lipinski definition) is 2. The molecule has 1 aliphatic carbocycles. The van der Waals surface area contributed by atoms with Crippen LogP contribution in [0.4, 0.5) is 0 Å². The highest BCUT2D eigenvalue weighted by Crippen LogP contribution is 2.46. The van der Waals surface area contributed by atoms with Crippen molar-refractivity contribution in [1.29, 1.82) is 0 Å². The molecular formula is C11H19NO. The van der Waals surface area contributed by atoms with E-state index in [4.69, 9.17) is 0 Å². The lowest BCUT2D eigenvalue weighted by atomic mass is 9.63. The second-order valence-corrected chi connectivity index (χ2v) is 5.31. The first-order valence-electron chi connectivity index (χ1n) is 4.99. The fraction of sp³-hybridized carbons (Fsp3) is 0.909. The Bertz CT molecular complexity index is 240. The van der Waals surface area contributed by atoms with E-state index < -0.39 is 0 Å². The van der Waals surface area contributed by atoms with Crippen LogP contribution in [-0.2, 0) is 4.79 Å². The molecule has 1 fully saturated rings. The maximum Gasteiger partial charge on any atom is 0.235 e. The van der Waals surface area contributed by atoms with E-state index in [-0.39, 0.29) is 5.54 Å². The van der Waals surface area contributed by atoms with E-state index in [9.17, 15) is 4.79 Å². The lowest BCUT2D eigenvalue weighted by molar-refractivity contribution is 0.0975. The first kappa shape index (κ1) is 10.5. The van der Waals surface area contributed by atoms with Gasteiger partial charge in [0.25, 0.3) is 0 Å². The first-order chi connectivity index (χ1) is 5.90. The molecule has 0 aliphatic heterocycles. The van der Waals surface area contributed by atoms with Crippen LogP contribution < -0.4 is 0 Å². The summed E-state index contributed by atoms with van der Waals surface area (Å²) in [6.07, 6.45) is 4.88. The van der Waals surface area contributed by atoms with E-state index in [0.29, 0.717) is 5.41 Å². The molecular weight excluding hydrogens is 162 g/mol. The zero-order valence-corrected chi connectivity index (χ0v) is 9.05. The second-order valence-electron chi connectivity index (χ2n) is 5.31. The lowest BCUT2D eigenvalue weighted by Crippen LogP contribution is -2.39. The Labute approximate surface area is 80.4 Å². The smallest absolute Gasteiger partial charge is 0.211 e. The van der Waals surface area contributed by atoms with Crippen molar-refractivity contribution in [1.82, 2.24) is 0 Å². The number of isocyanates is 1. The van der Waals surface area contributed by atoms with Crippen LogP contribution in [0.2, 0.25) is 0 Å². The Morgan fingerprint density at radius 3 is 2.46 bits per heavy atom. The van der Waals surface area contributed by atoms with E-state index in [1.54, 1.807) is 6.08 Å². The van der Waals surface area contributed by atoms with Gasteiger partial charge in [0.1, 0.15) is 0 Å². The Hall–Kier alpha value is -0.620. The summed E-state index contributed by atoms with van der Waals surface area (Å²) in [5.74, 6) is 0.724. The SMILES string of the molecule is CC1CCC(C)(N=C=O)CC1(C)C. The maximum atomic E-state index is 10.3. The van der Waals surface area contributed by atoms with Crippen LogP contribution >= 0.6 is 0 Å². The summed E-state index contributed by atoms with van der Waals surface area (Å²) in [7, 11) is 0. The summed E-state index contributed by atoms with van der Waals surface area (Å²) < 4.78 is 0. The third kappa shape index (κ3) is 2.19. The molecule has 0 aromatic rings. The fourth-order valence-electron chi connectivity index (χ4n) is 2.37. The molecule has 13 heavy (non-hydrogen) atoms. The van der Waals surface area contributed by atoms with Crippen molar-refractivity contribution in [2.24, 2.45) is 16.3 Å². The summed E-state index contributed by atoms with van der Waals surface area (Å²) >= 11 is 0. The molecule has 74 valence electrons. The molecule has 0 N–H and O–H groups in total. The minimum absolute atomic E-state index is 0.155. The predicted octanol–water partition coefficient (Wildman–Crippen LogP) is 2.93. The highest BCUT2D eigenvalue weighted by Gasteiger charge is 2.40. The van der Waals surface area contributed by atoms with E-state index in [0.717, 1.165) is 25.2 Å². The summed E-state index contributed by atoms with van der Waals surface area (Å²) in [5, 5.41) is 0. The zero-order chi connectivity index (χ0) is 10.1. The van der Waals surface area contributed by atoms with Crippen molar-refractivity contribution in [3.63, 3.8) is 0 Å². The minimum atomic E-state index is -0.155. The molecule has 1 saturated carbocycles. The first-order valence-corrected chi connectivity index (χ1v) is 4.99. The summed E-state index contributed by atoms with van der Waals surface area (Å²) in [6, 6.07) is 0. The summed E-state index contributed by atoms with van der Waals surface area (Å²) in [6.45, 7) is 8.86. The Morgan fingerprint density at radius 2 is 2.00 bits per heavy atom. The number of hydrogen-bond donors (Lipinski definition) is 0. The topological polar surface area (TPSA) is 29.4 Å². The fourth-order valence-corrected chi connectivity index (χ4v) is 2.37. The van der Waals surface area contributed by atoms with Gasteiger partial charge < -0.3 is 0 Å². The molecule has 2 heteroatoms. The number of nitrogens with zero attached hydrogens (tertiary/aromatic N) is 1. The molecule has 1 aliphatic rings. The molecule has 0 amide bonds. The average molecular weight is 181 g/mol. The molecule has 2 atom stereocenters. The molecule has 0 heterocycles. The Morgan fingerprint density at radius 1 is 1.38 bits per heavy atom. The van der Waals surface area contributed by atoms with Crippen LogP contribution in [0, 0.1) is 11.3 Å². The van der Waals surface area contributed by atoms with Crippen molar-refractivity contribution in [3.05, 3.63) is 0 Å². The molecule has 0 radical (unpaired) electrons. The average Bonchev–Trinajstić information content (AvgIpc) is 1.97. The van der Waals surface area contributed by atoms with Gasteiger partial charge in [-0.1, -0.05) is 20.8 Å². The molecule has 2 nitrogen and oxygen atoms in total. The molecule has 0 aromatic carbocycles. The van der Waals surface area contributed by atoms with Crippen LogP contribution in [0.3, 0.4) is 0 Å². The minimum Gasteiger partial charge on any atom is -0.211 e. The van der Waals surface area contributed by atoms with Gasteiger partial charge in [0.05, 0.1) is 5.54 Å². The van der Waals surface area contributed by atoms with Gasteiger partial charge in [0, 0.05) is 0 Å². The van der Waals surface area contributed by atoms with Gasteiger partial charge in [-0.3, -0.25) is 0 Å². The highest BCUT2D eigenvalue weighted by molar-refractivity contribution is 5.35. The predicted molar refractivity (Wildman–Crippen MR) is 53.3 cm³/mol. The molecule has 0 aromatic heterocycles. The summed E-state index contributed by atoms with van der Waals surface area (Å²) in [4.78, 5) is 14.2. The van der Waals surface area contributed by atoms with E-state index in [2.05, 4.69) is 32.7 Å². The van der Waals surface area contributed by atoms with Crippen LogP contribution in [0.5, 0.6) is 0 Å². The number of carbonyl (C=O) groups excluding carboxylic acids is 1. The Kier molecular flexibility index (Phi) is 2.63. The van der Waals surface area contributed by atoms with Crippen LogP contribution in [0.1, 0.15) is 47.0 Å². The lowest BCUT2D eigenvalue weighted by Gasteiger charge is -2.44. The van der Waals surface area contributed by atoms with Crippen molar-refractivity contribution in [3.8, 4) is 0 Å². The third-order valence-corrected chi connectivity index (χ3v) is 3.60. The van der Waals surface area contributed by atoms with Crippen LogP contribution in [0.15, 0.2) is 4.99 Å². The molecule has 0 saturated heterocycles. The van der Waals surface area contributed by atoms with Gasteiger partial charge in [0.15, 0.2) is 0 Å². The van der Waals surface area contributed by atoms with E-state index in [1.165, 1.54) is 0 Å². The van der Waals surface area contributed by atoms with Gasteiger partial charge in [-0.2, -0.15) is 4.99 Å². The van der Waals surface area contributed by atoms with Gasteiger partial charge in [-0.15, -0.1) is 0 Å². The standard InChI is InChI=1S/C11H19NO/c1-9-5-6-11(4,12-8-13)7-10(9,2)3/h9H,5-7H2,1-4H3. The van der Waals surface area contributed by atoms with Crippen molar-refractivity contribution >= 4 is 6.08 Å². The highest BCUT2D eigenvalue weighted by atomic mass is 16.1. The normalized spacial score (nSPS) is 38.0. The van der Waals surface area contributed by atoms with Crippen molar-refractivity contribution < 1.29 is 4.79 Å². The molecule has 0 spiro atoms. The third-order valence-electron chi connectivity index (χ3n) is 3.60. The number of aliphatic imine (C=N–C) groups is 1. The van der Waals surface area contributed by atoms with Crippen LogP contribution in [-0.4, -0.2) is 11.6 Å². The molecule has 1 rings (SSSR count). The van der Waals surface area contributed by atoms with Gasteiger partial charge in [-0.25, -0.2) is 4.79 Å². The largest absolute Gasteiger partial charge is 0.235 e. The van der Waals surface area contributed by atoms with Crippen molar-refractivity contribution in [2.75, 3.05) is 0 Å². The quantitative estimate of drug-likeness (QED) is 0.451. The van der Waals surface area contributed by atoms with Gasteiger partial charge in [-0.05, 0) is 37.5 Å².